The monoisotopic (exact) mass is 463 g/mol. The predicted molar refractivity (Wildman–Crippen MR) is 131 cm³/mol. The number of benzene rings is 2. The van der Waals surface area contributed by atoms with Gasteiger partial charge in [0.2, 0.25) is 0 Å². The first-order valence-corrected chi connectivity index (χ1v) is 11.6. The van der Waals surface area contributed by atoms with Gasteiger partial charge in [-0.2, -0.15) is 0 Å². The third-order valence-corrected chi connectivity index (χ3v) is 5.51. The molecule has 3 aromatic rings. The molecular weight excluding hydrogens is 430 g/mol. The molecule has 3 rings (SSSR count). The molecule has 180 valence electrons. The van der Waals surface area contributed by atoms with Gasteiger partial charge < -0.3 is 13.9 Å². The van der Waals surface area contributed by atoms with Crippen LogP contribution >= 0.6 is 0 Å². The lowest BCUT2D eigenvalue weighted by atomic mass is 10.0. The third kappa shape index (κ3) is 7.32. The Morgan fingerprint density at radius 1 is 0.912 bits per heavy atom. The molecule has 0 aliphatic carbocycles. The fourth-order valence-corrected chi connectivity index (χ4v) is 3.69. The van der Waals surface area contributed by atoms with Crippen molar-refractivity contribution in [2.24, 2.45) is 5.92 Å². The number of carbonyl (C=O) groups is 2. The summed E-state index contributed by atoms with van der Waals surface area (Å²) >= 11 is 0. The Balaban J connectivity index is 1.71. The topological polar surface area (TPSA) is 77.8 Å². The van der Waals surface area contributed by atoms with E-state index in [-0.39, 0.29) is 18.9 Å². The molecule has 0 fully saturated rings. The fourth-order valence-electron chi connectivity index (χ4n) is 3.69. The molecule has 2 unspecified atom stereocenters. The lowest BCUT2D eigenvalue weighted by molar-refractivity contribution is -0.149. The van der Waals surface area contributed by atoms with Crippen LogP contribution in [0.3, 0.4) is 0 Å². The zero-order chi connectivity index (χ0) is 24.5. The highest BCUT2D eigenvalue weighted by Crippen LogP contribution is 2.23. The molecule has 0 bridgehead atoms. The molecule has 6 heteroatoms. The van der Waals surface area contributed by atoms with Gasteiger partial charge in [0.25, 0.3) is 0 Å². The standard InChI is InChI=1S/C28H33NO5/c1-19(2)16-24(28(31)33-18-21-8-6-5-7-9-21)29-25(27(30)32-4)17-23-14-15-26(34-23)22-12-10-20(3)11-13-22/h5-15,19,24-25,29H,16-18H2,1-4H3. The second-order valence-corrected chi connectivity index (χ2v) is 8.85. The second-order valence-electron chi connectivity index (χ2n) is 8.85. The van der Waals surface area contributed by atoms with Crippen LogP contribution in [-0.2, 0) is 32.1 Å². The van der Waals surface area contributed by atoms with Gasteiger partial charge in [-0.05, 0) is 37.0 Å². The summed E-state index contributed by atoms with van der Waals surface area (Å²) in [7, 11) is 1.34. The molecule has 1 N–H and O–H groups in total. The summed E-state index contributed by atoms with van der Waals surface area (Å²) in [6.45, 7) is 6.25. The lowest BCUT2D eigenvalue weighted by Gasteiger charge is -2.24. The maximum absolute atomic E-state index is 12.9. The maximum Gasteiger partial charge on any atom is 0.323 e. The molecule has 0 saturated heterocycles. The van der Waals surface area contributed by atoms with Crippen LogP contribution in [0.1, 0.15) is 37.2 Å². The third-order valence-electron chi connectivity index (χ3n) is 5.51. The van der Waals surface area contributed by atoms with Crippen molar-refractivity contribution in [1.29, 1.82) is 0 Å². The molecule has 0 spiro atoms. The van der Waals surface area contributed by atoms with Crippen LogP contribution in [0.2, 0.25) is 0 Å². The number of hydrogen-bond donors (Lipinski definition) is 1. The SMILES string of the molecule is COC(=O)C(Cc1ccc(-c2ccc(C)cc2)o1)NC(CC(C)C)C(=O)OCc1ccccc1. The van der Waals surface area contributed by atoms with Crippen molar-refractivity contribution in [3.63, 3.8) is 0 Å². The van der Waals surface area contributed by atoms with E-state index in [0.29, 0.717) is 12.2 Å². The highest BCUT2D eigenvalue weighted by atomic mass is 16.5. The Bertz CT molecular complexity index is 1060. The number of ether oxygens (including phenoxy) is 2. The number of hydrogen-bond acceptors (Lipinski definition) is 6. The van der Waals surface area contributed by atoms with Crippen LogP contribution in [-0.4, -0.2) is 31.1 Å². The van der Waals surface area contributed by atoms with Crippen LogP contribution in [0.4, 0.5) is 0 Å². The number of esters is 2. The van der Waals surface area contributed by atoms with E-state index >= 15 is 0 Å². The molecular formula is C28H33NO5. The molecule has 6 nitrogen and oxygen atoms in total. The molecule has 0 amide bonds. The Morgan fingerprint density at radius 2 is 1.62 bits per heavy atom. The van der Waals surface area contributed by atoms with Crippen LogP contribution in [0.15, 0.2) is 71.1 Å². The van der Waals surface area contributed by atoms with Crippen molar-refractivity contribution in [2.45, 2.75) is 52.3 Å². The van der Waals surface area contributed by atoms with Crippen molar-refractivity contribution in [1.82, 2.24) is 5.32 Å². The molecule has 0 saturated carbocycles. The number of furan rings is 1. The Kier molecular flexibility index (Phi) is 9.05. The molecule has 0 aliphatic heterocycles. The van der Waals surface area contributed by atoms with Crippen LogP contribution in [0.5, 0.6) is 0 Å². The van der Waals surface area contributed by atoms with Crippen molar-refractivity contribution in [2.75, 3.05) is 7.11 Å². The molecule has 0 radical (unpaired) electrons. The van der Waals surface area contributed by atoms with Crippen molar-refractivity contribution < 1.29 is 23.5 Å². The first-order valence-electron chi connectivity index (χ1n) is 11.6. The summed E-state index contributed by atoms with van der Waals surface area (Å²) in [5, 5.41) is 3.17. The maximum atomic E-state index is 12.9. The number of rotatable bonds is 11. The first kappa shape index (κ1) is 25.2. The van der Waals surface area contributed by atoms with Crippen LogP contribution < -0.4 is 5.32 Å². The summed E-state index contributed by atoms with van der Waals surface area (Å²) < 4.78 is 16.6. The van der Waals surface area contributed by atoms with E-state index in [0.717, 1.165) is 16.9 Å². The summed E-state index contributed by atoms with van der Waals surface area (Å²) in [6.07, 6.45) is 0.771. The van der Waals surface area contributed by atoms with Crippen LogP contribution in [0, 0.1) is 12.8 Å². The number of carbonyl (C=O) groups excluding carboxylic acids is 2. The zero-order valence-corrected chi connectivity index (χ0v) is 20.2. The average Bonchev–Trinajstić information content (AvgIpc) is 3.30. The van der Waals surface area contributed by atoms with Crippen LogP contribution in [0.25, 0.3) is 11.3 Å². The second kappa shape index (κ2) is 12.2. The Labute approximate surface area is 201 Å². The summed E-state index contributed by atoms with van der Waals surface area (Å²) in [6, 6.07) is 19.9. The van der Waals surface area contributed by atoms with E-state index in [4.69, 9.17) is 13.9 Å². The van der Waals surface area contributed by atoms with Gasteiger partial charge in [-0.3, -0.25) is 14.9 Å². The minimum absolute atomic E-state index is 0.178. The van der Waals surface area contributed by atoms with E-state index in [2.05, 4.69) is 5.32 Å². The molecule has 1 aromatic heterocycles. The molecule has 0 aliphatic rings. The van der Waals surface area contributed by atoms with Crippen molar-refractivity contribution in [3.05, 3.63) is 83.6 Å². The Morgan fingerprint density at radius 3 is 2.26 bits per heavy atom. The van der Waals surface area contributed by atoms with E-state index in [1.54, 1.807) is 0 Å². The molecule has 2 atom stereocenters. The van der Waals surface area contributed by atoms with E-state index in [1.807, 2.05) is 87.5 Å². The largest absolute Gasteiger partial charge is 0.468 e. The van der Waals surface area contributed by atoms with Gasteiger partial charge in [-0.25, -0.2) is 0 Å². The predicted octanol–water partition coefficient (Wildman–Crippen LogP) is 5.09. The minimum Gasteiger partial charge on any atom is -0.468 e. The van der Waals surface area contributed by atoms with Gasteiger partial charge in [-0.1, -0.05) is 74.0 Å². The number of methoxy groups -OCH3 is 1. The van der Waals surface area contributed by atoms with Crippen molar-refractivity contribution >= 4 is 11.9 Å². The highest BCUT2D eigenvalue weighted by Gasteiger charge is 2.30. The summed E-state index contributed by atoms with van der Waals surface area (Å²) in [4.78, 5) is 25.5. The van der Waals surface area contributed by atoms with Gasteiger partial charge >= 0.3 is 11.9 Å². The Hall–Kier alpha value is -3.38. The van der Waals surface area contributed by atoms with E-state index in [1.165, 1.54) is 12.7 Å². The summed E-state index contributed by atoms with van der Waals surface area (Å²) in [5.41, 5.74) is 3.03. The number of aryl methyl sites for hydroxylation is 1. The smallest absolute Gasteiger partial charge is 0.323 e. The minimum atomic E-state index is -0.755. The van der Waals surface area contributed by atoms with Gasteiger partial charge in [0.15, 0.2) is 0 Å². The van der Waals surface area contributed by atoms with E-state index < -0.39 is 24.0 Å². The normalized spacial score (nSPS) is 12.9. The van der Waals surface area contributed by atoms with Gasteiger partial charge in [-0.15, -0.1) is 0 Å². The molecule has 2 aromatic carbocycles. The fraction of sp³-hybridized carbons (Fsp3) is 0.357. The number of nitrogens with one attached hydrogen (secondary N) is 1. The van der Waals surface area contributed by atoms with E-state index in [9.17, 15) is 9.59 Å². The molecule has 34 heavy (non-hydrogen) atoms. The first-order chi connectivity index (χ1) is 16.4. The molecule has 1 heterocycles. The summed E-state index contributed by atoms with van der Waals surface area (Å²) in [5.74, 6) is 0.708. The lowest BCUT2D eigenvalue weighted by Crippen LogP contribution is -2.49. The van der Waals surface area contributed by atoms with Gasteiger partial charge in [0, 0.05) is 12.0 Å². The average molecular weight is 464 g/mol. The quantitative estimate of drug-likeness (QED) is 0.399. The van der Waals surface area contributed by atoms with Gasteiger partial charge in [0.05, 0.1) is 7.11 Å². The highest BCUT2D eigenvalue weighted by molar-refractivity contribution is 5.80. The van der Waals surface area contributed by atoms with Gasteiger partial charge in [0.1, 0.15) is 30.2 Å². The van der Waals surface area contributed by atoms with Crippen molar-refractivity contribution in [3.8, 4) is 11.3 Å². The zero-order valence-electron chi connectivity index (χ0n) is 20.2.